The van der Waals surface area contributed by atoms with Crippen molar-refractivity contribution in [2.24, 2.45) is 0 Å². The molecule has 1 aromatic heterocycles. The molecule has 6 nitrogen and oxygen atoms in total. The van der Waals surface area contributed by atoms with Crippen molar-refractivity contribution >= 4 is 42.4 Å². The summed E-state index contributed by atoms with van der Waals surface area (Å²) in [5, 5.41) is 6.51. The summed E-state index contributed by atoms with van der Waals surface area (Å²) in [4.78, 5) is 16.5. The van der Waals surface area contributed by atoms with Crippen LogP contribution in [0.3, 0.4) is 0 Å². The van der Waals surface area contributed by atoms with Gasteiger partial charge in [0.25, 0.3) is 0 Å². The molecule has 2 aromatic rings. The fourth-order valence-corrected chi connectivity index (χ4v) is 4.36. The monoisotopic (exact) mass is 353 g/mol. The van der Waals surface area contributed by atoms with E-state index in [2.05, 4.69) is 15.6 Å². The highest BCUT2D eigenvalue weighted by Crippen LogP contribution is 2.28. The van der Waals surface area contributed by atoms with Gasteiger partial charge in [-0.25, -0.2) is 13.4 Å². The van der Waals surface area contributed by atoms with Crippen molar-refractivity contribution in [1.82, 2.24) is 10.3 Å². The molecule has 2 N–H and O–H groups in total. The number of benzene rings is 1. The van der Waals surface area contributed by atoms with Gasteiger partial charge in [-0.05, 0) is 31.0 Å². The standard InChI is InChI=1S/C15H19N3O3S2/c1-23(20,21)11-6-7-12-13(8-11)22-15(17-12)18-14(19)9-16-10-4-2-3-5-10/h6-8,10,16H,2-5,9H2,1H3,(H,17,18,19). The molecular weight excluding hydrogens is 334 g/mol. The number of sulfone groups is 1. The van der Waals surface area contributed by atoms with Crippen molar-refractivity contribution in [1.29, 1.82) is 0 Å². The molecule has 3 rings (SSSR count). The first-order chi connectivity index (χ1) is 10.9. The van der Waals surface area contributed by atoms with E-state index in [0.717, 1.165) is 17.5 Å². The smallest absolute Gasteiger partial charge is 0.240 e. The normalized spacial score (nSPS) is 16.0. The molecule has 1 aromatic carbocycles. The minimum absolute atomic E-state index is 0.126. The van der Waals surface area contributed by atoms with Gasteiger partial charge < -0.3 is 10.6 Å². The lowest BCUT2D eigenvalue weighted by atomic mass is 10.2. The van der Waals surface area contributed by atoms with E-state index in [0.29, 0.717) is 16.7 Å². The van der Waals surface area contributed by atoms with Gasteiger partial charge in [-0.3, -0.25) is 4.79 Å². The number of carbonyl (C=O) groups is 1. The lowest BCUT2D eigenvalue weighted by molar-refractivity contribution is -0.115. The number of nitrogens with one attached hydrogen (secondary N) is 2. The summed E-state index contributed by atoms with van der Waals surface area (Å²) in [5.74, 6) is -0.126. The Kier molecular flexibility index (Phi) is 4.65. The van der Waals surface area contributed by atoms with Crippen LogP contribution >= 0.6 is 11.3 Å². The van der Waals surface area contributed by atoms with Crippen LogP contribution in [0, 0.1) is 0 Å². The van der Waals surface area contributed by atoms with Gasteiger partial charge in [-0.2, -0.15) is 0 Å². The van der Waals surface area contributed by atoms with Crippen LogP contribution in [0.2, 0.25) is 0 Å². The average Bonchev–Trinajstić information content (AvgIpc) is 3.12. The Hall–Kier alpha value is -1.51. The number of hydrogen-bond donors (Lipinski definition) is 2. The molecule has 0 atom stereocenters. The molecule has 0 aliphatic heterocycles. The van der Waals surface area contributed by atoms with Gasteiger partial charge in [-0.15, -0.1) is 0 Å². The van der Waals surface area contributed by atoms with E-state index in [1.54, 1.807) is 12.1 Å². The van der Waals surface area contributed by atoms with Crippen molar-refractivity contribution in [2.45, 2.75) is 36.6 Å². The number of fused-ring (bicyclic) bond motifs is 1. The van der Waals surface area contributed by atoms with Crippen LogP contribution in [-0.2, 0) is 14.6 Å². The number of amides is 1. The third-order valence-electron chi connectivity index (χ3n) is 3.94. The number of carbonyl (C=O) groups excluding carboxylic acids is 1. The lowest BCUT2D eigenvalue weighted by Gasteiger charge is -2.10. The van der Waals surface area contributed by atoms with Gasteiger partial charge >= 0.3 is 0 Å². The molecule has 1 aliphatic carbocycles. The predicted molar refractivity (Wildman–Crippen MR) is 91.6 cm³/mol. The minimum atomic E-state index is -3.24. The molecule has 1 fully saturated rings. The summed E-state index contributed by atoms with van der Waals surface area (Å²) in [6.45, 7) is 0.273. The zero-order chi connectivity index (χ0) is 16.4. The molecule has 1 aliphatic rings. The number of hydrogen-bond acceptors (Lipinski definition) is 6. The Morgan fingerprint density at radius 3 is 2.78 bits per heavy atom. The Labute approximate surface area is 139 Å². The quantitative estimate of drug-likeness (QED) is 0.860. The van der Waals surface area contributed by atoms with Crippen LogP contribution in [0.1, 0.15) is 25.7 Å². The number of anilines is 1. The van der Waals surface area contributed by atoms with E-state index in [1.807, 2.05) is 0 Å². The summed E-state index contributed by atoms with van der Waals surface area (Å²) in [6, 6.07) is 5.22. The molecule has 0 saturated heterocycles. The number of aromatic nitrogens is 1. The zero-order valence-corrected chi connectivity index (χ0v) is 14.5. The van der Waals surface area contributed by atoms with Gasteiger partial charge in [-0.1, -0.05) is 24.2 Å². The second-order valence-corrected chi connectivity index (χ2v) is 8.88. The third kappa shape index (κ3) is 4.07. The van der Waals surface area contributed by atoms with E-state index in [-0.39, 0.29) is 17.3 Å². The van der Waals surface area contributed by atoms with E-state index in [4.69, 9.17) is 0 Å². The molecule has 0 unspecified atom stereocenters. The molecule has 0 bridgehead atoms. The van der Waals surface area contributed by atoms with Crippen LogP contribution in [0.5, 0.6) is 0 Å². The van der Waals surface area contributed by atoms with E-state index >= 15 is 0 Å². The van der Waals surface area contributed by atoms with Crippen LogP contribution < -0.4 is 10.6 Å². The summed E-state index contributed by atoms with van der Waals surface area (Å²) >= 11 is 1.28. The van der Waals surface area contributed by atoms with Gasteiger partial charge in [0, 0.05) is 12.3 Å². The number of nitrogens with zero attached hydrogens (tertiary/aromatic N) is 1. The highest BCUT2D eigenvalue weighted by molar-refractivity contribution is 7.90. The number of rotatable bonds is 5. The maximum Gasteiger partial charge on any atom is 0.240 e. The van der Waals surface area contributed by atoms with Crippen molar-refractivity contribution in [3.63, 3.8) is 0 Å². The lowest BCUT2D eigenvalue weighted by Crippen LogP contribution is -2.34. The van der Waals surface area contributed by atoms with Crippen LogP contribution in [0.15, 0.2) is 23.1 Å². The molecule has 124 valence electrons. The highest BCUT2D eigenvalue weighted by Gasteiger charge is 2.16. The topological polar surface area (TPSA) is 88.2 Å². The molecule has 23 heavy (non-hydrogen) atoms. The first-order valence-corrected chi connectivity index (χ1v) is 10.3. The van der Waals surface area contributed by atoms with Gasteiger partial charge in [0.15, 0.2) is 15.0 Å². The van der Waals surface area contributed by atoms with E-state index in [9.17, 15) is 13.2 Å². The summed E-state index contributed by atoms with van der Waals surface area (Å²) in [5.41, 5.74) is 0.682. The highest BCUT2D eigenvalue weighted by atomic mass is 32.2. The van der Waals surface area contributed by atoms with E-state index in [1.165, 1.54) is 36.5 Å². The predicted octanol–water partition coefficient (Wildman–Crippen LogP) is 2.17. The Morgan fingerprint density at radius 2 is 2.09 bits per heavy atom. The molecule has 0 radical (unpaired) electrons. The third-order valence-corrected chi connectivity index (χ3v) is 5.98. The first kappa shape index (κ1) is 16.4. The fourth-order valence-electron chi connectivity index (χ4n) is 2.72. The summed E-state index contributed by atoms with van der Waals surface area (Å²) in [6.07, 6.45) is 5.87. The minimum Gasteiger partial charge on any atom is -0.306 e. The van der Waals surface area contributed by atoms with Crippen molar-refractivity contribution in [3.05, 3.63) is 18.2 Å². The zero-order valence-electron chi connectivity index (χ0n) is 12.8. The van der Waals surface area contributed by atoms with Gasteiger partial charge in [0.2, 0.25) is 5.91 Å². The average molecular weight is 353 g/mol. The second-order valence-electron chi connectivity index (χ2n) is 5.83. The second kappa shape index (κ2) is 6.54. The molecular formula is C15H19N3O3S2. The van der Waals surface area contributed by atoms with Crippen molar-refractivity contribution < 1.29 is 13.2 Å². The Bertz CT molecular complexity index is 824. The van der Waals surface area contributed by atoms with Crippen LogP contribution in [0.25, 0.3) is 10.2 Å². The Balaban J connectivity index is 1.66. The fraction of sp³-hybridized carbons (Fsp3) is 0.467. The Morgan fingerprint density at radius 1 is 1.35 bits per heavy atom. The SMILES string of the molecule is CS(=O)(=O)c1ccc2nc(NC(=O)CNC3CCCC3)sc2c1. The molecule has 8 heteroatoms. The van der Waals surface area contributed by atoms with Crippen LogP contribution in [0.4, 0.5) is 5.13 Å². The molecule has 0 spiro atoms. The maximum atomic E-state index is 12.0. The first-order valence-electron chi connectivity index (χ1n) is 7.56. The maximum absolute atomic E-state index is 12.0. The van der Waals surface area contributed by atoms with E-state index < -0.39 is 9.84 Å². The summed E-state index contributed by atoms with van der Waals surface area (Å²) < 4.78 is 23.9. The molecule has 1 saturated carbocycles. The van der Waals surface area contributed by atoms with Gasteiger partial charge in [0.05, 0.1) is 21.7 Å². The van der Waals surface area contributed by atoms with Crippen LogP contribution in [-0.4, -0.2) is 38.2 Å². The van der Waals surface area contributed by atoms with Crippen molar-refractivity contribution in [3.8, 4) is 0 Å². The largest absolute Gasteiger partial charge is 0.306 e. The molecule has 1 amide bonds. The molecule has 1 heterocycles. The van der Waals surface area contributed by atoms with Crippen molar-refractivity contribution in [2.75, 3.05) is 18.1 Å². The summed E-state index contributed by atoms with van der Waals surface area (Å²) in [7, 11) is -3.24. The number of thiazole rings is 1. The van der Waals surface area contributed by atoms with Gasteiger partial charge in [0.1, 0.15) is 0 Å².